The minimum absolute atomic E-state index is 0.0316. The quantitative estimate of drug-likeness (QED) is 0.190. The predicted molar refractivity (Wildman–Crippen MR) is 253 cm³/mol. The number of ketones is 2. The van der Waals surface area contributed by atoms with Crippen molar-refractivity contribution in [3.8, 4) is 0 Å². The second kappa shape index (κ2) is 24.5. The lowest BCUT2D eigenvalue weighted by atomic mass is 9.83. The zero-order valence-corrected chi connectivity index (χ0v) is 41.3. The summed E-state index contributed by atoms with van der Waals surface area (Å²) in [7, 11) is 1.46. The van der Waals surface area contributed by atoms with Crippen molar-refractivity contribution in [2.45, 2.75) is 157 Å². The van der Waals surface area contributed by atoms with E-state index in [2.05, 4.69) is 16.0 Å². The number of nitrogens with zero attached hydrogens (tertiary/aromatic N) is 2. The highest BCUT2D eigenvalue weighted by Gasteiger charge is 2.46. The number of cyclic esters (lactones) is 1. The molecular formula is C52H75N5O10. The van der Waals surface area contributed by atoms with E-state index >= 15 is 0 Å². The SMILES string of the molecule is CC(C)C[C@H]1C(=O)N(C)[C@@H](Cc2ccccc2)C(=O)N[C@@H](C(C)C)C(=O)O[C@H](C(C)C)[C@H](CC(=O)[C@H](Cc2ccccc2)NC(=O)C(C)C)C(=O)N[C@@H](C(C)C)C(=O)C[C@H]2CC[C@@H](O)N1C2=O. The molecule has 2 saturated heterocycles. The number of aliphatic hydroxyl groups excluding tert-OH is 1. The van der Waals surface area contributed by atoms with Crippen LogP contribution in [0.1, 0.15) is 112 Å². The summed E-state index contributed by atoms with van der Waals surface area (Å²) in [6.07, 6.45) is -2.91. The number of nitrogens with one attached hydrogen (secondary N) is 3. The number of piperidine rings is 1. The first-order valence-corrected chi connectivity index (χ1v) is 24.0. The summed E-state index contributed by atoms with van der Waals surface area (Å²) in [6.45, 7) is 17.5. The molecule has 15 nitrogen and oxygen atoms in total. The van der Waals surface area contributed by atoms with Gasteiger partial charge in [0.25, 0.3) is 0 Å². The van der Waals surface area contributed by atoms with E-state index in [0.717, 1.165) is 10.5 Å². The summed E-state index contributed by atoms with van der Waals surface area (Å²) in [4.78, 5) is 118. The van der Waals surface area contributed by atoms with E-state index < -0.39 is 126 Å². The molecule has 0 spiro atoms. The second-order valence-corrected chi connectivity index (χ2v) is 20.3. The van der Waals surface area contributed by atoms with Crippen molar-refractivity contribution < 1.29 is 48.2 Å². The zero-order valence-electron chi connectivity index (χ0n) is 41.3. The van der Waals surface area contributed by atoms with Gasteiger partial charge in [0.15, 0.2) is 11.6 Å². The Balaban J connectivity index is 1.89. The van der Waals surface area contributed by atoms with E-state index in [9.17, 15) is 43.5 Å². The van der Waals surface area contributed by atoms with Gasteiger partial charge in [0.2, 0.25) is 29.5 Å². The molecule has 2 aromatic carbocycles. The molecule has 0 saturated carbocycles. The van der Waals surface area contributed by atoms with Crippen LogP contribution in [0.2, 0.25) is 0 Å². The number of hydrogen-bond acceptors (Lipinski definition) is 10. The van der Waals surface area contributed by atoms with Gasteiger partial charge in [-0.3, -0.25) is 33.6 Å². The smallest absolute Gasteiger partial charge is 0.329 e. The maximum atomic E-state index is 14.9. The van der Waals surface area contributed by atoms with Gasteiger partial charge in [0, 0.05) is 38.1 Å². The normalized spacial score (nSPS) is 25.7. The van der Waals surface area contributed by atoms with E-state index in [1.165, 1.54) is 11.9 Å². The fraction of sp³-hybridized carbons (Fsp3) is 0.615. The maximum Gasteiger partial charge on any atom is 0.329 e. The number of ether oxygens (including phenoxy) is 1. The van der Waals surface area contributed by atoms with Gasteiger partial charge in [-0.1, -0.05) is 130 Å². The van der Waals surface area contributed by atoms with Crippen LogP contribution >= 0.6 is 0 Å². The van der Waals surface area contributed by atoms with Crippen LogP contribution < -0.4 is 16.0 Å². The number of hydrogen-bond donors (Lipinski definition) is 4. The highest BCUT2D eigenvalue weighted by atomic mass is 16.5. The molecule has 2 aliphatic heterocycles. The van der Waals surface area contributed by atoms with Gasteiger partial charge in [-0.25, -0.2) is 4.79 Å². The van der Waals surface area contributed by atoms with E-state index in [0.29, 0.717) is 5.56 Å². The van der Waals surface area contributed by atoms with Crippen molar-refractivity contribution in [3.05, 3.63) is 71.8 Å². The Bertz CT molecular complexity index is 2040. The molecule has 5 amide bonds. The van der Waals surface area contributed by atoms with Crippen LogP contribution in [0.25, 0.3) is 0 Å². The van der Waals surface area contributed by atoms with Crippen LogP contribution in [-0.4, -0.2) is 112 Å². The Hall–Kier alpha value is -5.44. The van der Waals surface area contributed by atoms with Gasteiger partial charge in [-0.2, -0.15) is 0 Å². The van der Waals surface area contributed by atoms with Crippen LogP contribution in [-0.2, 0) is 55.9 Å². The summed E-state index contributed by atoms with van der Waals surface area (Å²) in [5.74, 6) is -9.40. The molecule has 2 bridgehead atoms. The predicted octanol–water partition coefficient (Wildman–Crippen LogP) is 4.81. The number of esters is 1. The summed E-state index contributed by atoms with van der Waals surface area (Å²) in [6, 6.07) is 12.2. The highest BCUT2D eigenvalue weighted by molar-refractivity contribution is 5.98. The number of carbonyl (C=O) groups excluding carboxylic acids is 8. The molecule has 2 aromatic rings. The lowest BCUT2D eigenvalue weighted by molar-refractivity contribution is -0.168. The second-order valence-electron chi connectivity index (χ2n) is 20.3. The van der Waals surface area contributed by atoms with Gasteiger partial charge in [0.1, 0.15) is 30.5 Å². The van der Waals surface area contributed by atoms with E-state index in [1.807, 2.05) is 62.4 Å². The molecule has 2 heterocycles. The Labute approximate surface area is 396 Å². The molecule has 0 aliphatic carbocycles. The first-order chi connectivity index (χ1) is 31.5. The maximum absolute atomic E-state index is 14.9. The Morgan fingerprint density at radius 1 is 0.731 bits per heavy atom. The van der Waals surface area contributed by atoms with Gasteiger partial charge < -0.3 is 35.6 Å². The van der Waals surface area contributed by atoms with Crippen LogP contribution in [0.5, 0.6) is 0 Å². The third-order valence-electron chi connectivity index (χ3n) is 13.0. The van der Waals surface area contributed by atoms with Crippen molar-refractivity contribution in [3.63, 3.8) is 0 Å². The largest absolute Gasteiger partial charge is 0.460 e. The molecule has 67 heavy (non-hydrogen) atoms. The van der Waals surface area contributed by atoms with Crippen LogP contribution in [0.15, 0.2) is 60.7 Å². The number of amides is 5. The summed E-state index contributed by atoms with van der Waals surface area (Å²) >= 11 is 0. The molecule has 15 heteroatoms. The number of carbonyl (C=O) groups is 8. The summed E-state index contributed by atoms with van der Waals surface area (Å²) < 4.78 is 6.27. The number of aliphatic hydroxyl groups is 1. The summed E-state index contributed by atoms with van der Waals surface area (Å²) in [5.41, 5.74) is 1.48. The lowest BCUT2D eigenvalue weighted by Gasteiger charge is -2.43. The van der Waals surface area contributed by atoms with Crippen LogP contribution in [0.3, 0.4) is 0 Å². The molecule has 2 fully saturated rings. The molecular weight excluding hydrogens is 855 g/mol. The van der Waals surface area contributed by atoms with Gasteiger partial charge >= 0.3 is 5.97 Å². The van der Waals surface area contributed by atoms with Crippen LogP contribution in [0, 0.1) is 41.4 Å². The number of fused-ring (bicyclic) bond motifs is 2. The van der Waals surface area contributed by atoms with Crippen molar-refractivity contribution in [1.29, 1.82) is 0 Å². The average molecular weight is 930 g/mol. The lowest BCUT2D eigenvalue weighted by Crippen LogP contribution is -2.61. The first kappa shape index (κ1) is 54.2. The van der Waals surface area contributed by atoms with Gasteiger partial charge in [-0.05, 0) is 60.5 Å². The van der Waals surface area contributed by atoms with E-state index in [-0.39, 0.29) is 50.4 Å². The molecule has 368 valence electrons. The van der Waals surface area contributed by atoms with Crippen molar-refractivity contribution in [1.82, 2.24) is 25.8 Å². The molecule has 0 radical (unpaired) electrons. The Morgan fingerprint density at radius 2 is 1.30 bits per heavy atom. The Morgan fingerprint density at radius 3 is 1.84 bits per heavy atom. The molecule has 9 atom stereocenters. The molecule has 0 unspecified atom stereocenters. The van der Waals surface area contributed by atoms with Crippen molar-refractivity contribution in [2.24, 2.45) is 41.4 Å². The number of Topliss-reactive ketones (excluding diaryl/α,β-unsaturated/α-hetero) is 2. The van der Waals surface area contributed by atoms with Crippen molar-refractivity contribution >= 4 is 47.1 Å². The van der Waals surface area contributed by atoms with Gasteiger partial charge in [0.05, 0.1) is 18.0 Å². The van der Waals surface area contributed by atoms with Gasteiger partial charge in [-0.15, -0.1) is 0 Å². The minimum Gasteiger partial charge on any atom is -0.460 e. The fourth-order valence-electron chi connectivity index (χ4n) is 8.97. The Kier molecular flexibility index (Phi) is 19.8. The number of rotatable bonds is 14. The number of benzene rings is 2. The van der Waals surface area contributed by atoms with Crippen LogP contribution in [0.4, 0.5) is 0 Å². The van der Waals surface area contributed by atoms with E-state index in [4.69, 9.17) is 4.74 Å². The van der Waals surface area contributed by atoms with E-state index in [1.54, 1.807) is 67.5 Å². The number of likely N-dealkylation sites (N-methyl/N-ethyl adjacent to an activating group) is 1. The minimum atomic E-state index is -1.38. The van der Waals surface area contributed by atoms with Crippen molar-refractivity contribution in [2.75, 3.05) is 7.05 Å². The first-order valence-electron chi connectivity index (χ1n) is 24.0. The molecule has 0 aromatic heterocycles. The monoisotopic (exact) mass is 930 g/mol. The average Bonchev–Trinajstić information content (AvgIpc) is 3.27. The zero-order chi connectivity index (χ0) is 49.9. The fourth-order valence-corrected chi connectivity index (χ4v) is 8.97. The standard InChI is InChI=1S/C52H75N5O10/c1-29(2)24-40-51(65)56(11)39(26-35-20-16-13-17-21-35)49(63)55-45(31(5)6)52(66)67-46(32(7)8)37(28-41(58)38(53-47(61)33(9)10)25-34-18-14-12-15-19-34)48(62)54-44(30(3)4)42(59)27-36-22-23-43(60)57(40)50(36)64/h12-21,29-33,36-40,43-46,60H,22-28H2,1-11H3,(H,53,61)(H,54,62)(H,55,63)/t36-,37+,38+,39+,40+,43-,44+,45+,46-/m1/s1. The third kappa shape index (κ3) is 14.5. The third-order valence-corrected chi connectivity index (χ3v) is 13.0. The topological polar surface area (TPSA) is 209 Å². The molecule has 4 N–H and O–H groups in total. The molecule has 4 rings (SSSR count). The molecule has 2 aliphatic rings. The highest BCUT2D eigenvalue weighted by Crippen LogP contribution is 2.32. The summed E-state index contributed by atoms with van der Waals surface area (Å²) in [5, 5.41) is 20.0.